The summed E-state index contributed by atoms with van der Waals surface area (Å²) in [4.78, 5) is 29.4. The maximum atomic E-state index is 13.0. The Kier molecular flexibility index (Phi) is 7.49. The lowest BCUT2D eigenvalue weighted by Crippen LogP contribution is -2.34. The SMILES string of the molecule is Cc1ccn(NCc2cccnc2)c(=O)c1CC(=O)NCc1cc(C(F)(F)F)ccc1CN. The van der Waals surface area contributed by atoms with Gasteiger partial charge >= 0.3 is 6.18 Å². The number of carbonyl (C=O) groups excluding carboxylic acids is 1. The summed E-state index contributed by atoms with van der Waals surface area (Å²) < 4.78 is 40.4. The number of hydrogen-bond acceptors (Lipinski definition) is 5. The Morgan fingerprint density at radius 2 is 1.94 bits per heavy atom. The van der Waals surface area contributed by atoms with Gasteiger partial charge in [-0.1, -0.05) is 12.1 Å². The molecule has 3 rings (SSSR count). The summed E-state index contributed by atoms with van der Waals surface area (Å²) in [6.45, 7) is 1.98. The smallest absolute Gasteiger partial charge is 0.352 e. The molecule has 2 heterocycles. The van der Waals surface area contributed by atoms with Crippen LogP contribution in [0.5, 0.6) is 0 Å². The Bertz CT molecular complexity index is 1180. The highest BCUT2D eigenvalue weighted by molar-refractivity contribution is 5.78. The van der Waals surface area contributed by atoms with Gasteiger partial charge in [-0.3, -0.25) is 14.6 Å². The number of carbonyl (C=O) groups is 1. The lowest BCUT2D eigenvalue weighted by atomic mass is 10.0. The number of nitrogens with zero attached hydrogens (tertiary/aromatic N) is 2. The summed E-state index contributed by atoms with van der Waals surface area (Å²) in [6.07, 6.45) is 0.182. The maximum absolute atomic E-state index is 13.0. The van der Waals surface area contributed by atoms with Crippen LogP contribution in [-0.4, -0.2) is 15.6 Å². The number of benzene rings is 1. The number of halogens is 3. The van der Waals surface area contributed by atoms with Crippen molar-refractivity contribution in [2.45, 2.75) is 39.2 Å². The van der Waals surface area contributed by atoms with E-state index in [0.717, 1.165) is 17.7 Å². The molecule has 1 aromatic carbocycles. The highest BCUT2D eigenvalue weighted by Crippen LogP contribution is 2.30. The van der Waals surface area contributed by atoms with Crippen LogP contribution < -0.4 is 22.0 Å². The Labute approximate surface area is 188 Å². The number of aryl methyl sites for hydroxylation is 1. The van der Waals surface area contributed by atoms with E-state index < -0.39 is 17.6 Å². The molecular formula is C23H24F3N5O2. The molecule has 0 bridgehead atoms. The minimum atomic E-state index is -4.50. The van der Waals surface area contributed by atoms with Crippen molar-refractivity contribution < 1.29 is 18.0 Å². The first-order chi connectivity index (χ1) is 15.7. The minimum absolute atomic E-state index is 0.0362. The van der Waals surface area contributed by atoms with Gasteiger partial charge in [0.2, 0.25) is 5.91 Å². The molecule has 0 unspecified atom stereocenters. The summed E-state index contributed by atoms with van der Waals surface area (Å²) in [6, 6.07) is 8.59. The van der Waals surface area contributed by atoms with E-state index in [1.54, 1.807) is 37.6 Å². The second kappa shape index (κ2) is 10.3. The molecule has 7 nitrogen and oxygen atoms in total. The Morgan fingerprint density at radius 1 is 1.15 bits per heavy atom. The maximum Gasteiger partial charge on any atom is 0.416 e. The van der Waals surface area contributed by atoms with Crippen molar-refractivity contribution in [2.24, 2.45) is 5.73 Å². The van der Waals surface area contributed by atoms with Gasteiger partial charge in [0.05, 0.1) is 18.5 Å². The average molecular weight is 459 g/mol. The third-order valence-electron chi connectivity index (χ3n) is 5.17. The number of alkyl halides is 3. The monoisotopic (exact) mass is 459 g/mol. The zero-order valence-electron chi connectivity index (χ0n) is 17.9. The number of pyridine rings is 2. The van der Waals surface area contributed by atoms with E-state index >= 15 is 0 Å². The van der Waals surface area contributed by atoms with E-state index in [1.807, 2.05) is 6.07 Å². The minimum Gasteiger partial charge on any atom is -0.352 e. The van der Waals surface area contributed by atoms with Crippen LogP contribution in [0.15, 0.2) is 59.8 Å². The Morgan fingerprint density at radius 3 is 2.61 bits per heavy atom. The molecule has 3 aromatic rings. The first kappa shape index (κ1) is 24.0. The molecule has 33 heavy (non-hydrogen) atoms. The molecule has 0 aliphatic heterocycles. The third-order valence-corrected chi connectivity index (χ3v) is 5.17. The van der Waals surface area contributed by atoms with Gasteiger partial charge < -0.3 is 16.5 Å². The Hall–Kier alpha value is -3.66. The largest absolute Gasteiger partial charge is 0.416 e. The fourth-order valence-electron chi connectivity index (χ4n) is 3.27. The predicted molar refractivity (Wildman–Crippen MR) is 118 cm³/mol. The van der Waals surface area contributed by atoms with E-state index in [2.05, 4.69) is 15.7 Å². The van der Waals surface area contributed by atoms with E-state index in [1.165, 1.54) is 10.7 Å². The molecule has 0 spiro atoms. The standard InChI is InChI=1S/C23H24F3N5O2/c1-15-6-8-31(30-13-16-3-2-7-28-12-16)22(33)20(15)10-21(32)29-14-18-9-19(23(24,25)26)5-4-17(18)11-27/h2-9,12,30H,10-11,13-14,27H2,1H3,(H,29,32). The quantitative estimate of drug-likeness (QED) is 0.481. The normalized spacial score (nSPS) is 11.3. The van der Waals surface area contributed by atoms with Crippen molar-refractivity contribution in [3.8, 4) is 0 Å². The molecule has 0 fully saturated rings. The predicted octanol–water partition coefficient (Wildman–Crippen LogP) is 2.63. The number of hydrogen-bond donors (Lipinski definition) is 3. The van der Waals surface area contributed by atoms with E-state index in [-0.39, 0.29) is 36.2 Å². The van der Waals surface area contributed by atoms with Gasteiger partial charge in [0.15, 0.2) is 0 Å². The molecule has 10 heteroatoms. The summed E-state index contributed by atoms with van der Waals surface area (Å²) in [5.74, 6) is -0.486. The van der Waals surface area contributed by atoms with Crippen molar-refractivity contribution >= 4 is 5.91 Å². The van der Waals surface area contributed by atoms with E-state index in [0.29, 0.717) is 17.7 Å². The van der Waals surface area contributed by atoms with Crippen molar-refractivity contribution in [2.75, 3.05) is 5.43 Å². The molecule has 0 saturated carbocycles. The van der Waals surface area contributed by atoms with Crippen molar-refractivity contribution in [3.05, 3.63) is 98.7 Å². The van der Waals surface area contributed by atoms with Crippen molar-refractivity contribution in [1.82, 2.24) is 15.0 Å². The van der Waals surface area contributed by atoms with Crippen molar-refractivity contribution in [1.29, 1.82) is 0 Å². The zero-order chi connectivity index (χ0) is 24.0. The van der Waals surface area contributed by atoms with Crippen LogP contribution in [0.3, 0.4) is 0 Å². The van der Waals surface area contributed by atoms with Crippen LogP contribution in [0, 0.1) is 6.92 Å². The lowest BCUT2D eigenvalue weighted by Gasteiger charge is -2.15. The van der Waals surface area contributed by atoms with Gasteiger partial charge in [0.1, 0.15) is 0 Å². The summed E-state index contributed by atoms with van der Waals surface area (Å²) in [5, 5.41) is 2.59. The summed E-state index contributed by atoms with van der Waals surface area (Å²) in [7, 11) is 0. The molecule has 0 aliphatic carbocycles. The highest BCUT2D eigenvalue weighted by Gasteiger charge is 2.30. The van der Waals surface area contributed by atoms with E-state index in [4.69, 9.17) is 5.73 Å². The van der Waals surface area contributed by atoms with Gasteiger partial charge in [0, 0.05) is 37.2 Å². The van der Waals surface area contributed by atoms with Crippen LogP contribution >= 0.6 is 0 Å². The zero-order valence-corrected chi connectivity index (χ0v) is 17.9. The molecule has 4 N–H and O–H groups in total. The number of nitrogens with one attached hydrogen (secondary N) is 2. The van der Waals surface area contributed by atoms with Crippen LogP contribution in [-0.2, 0) is 37.0 Å². The van der Waals surface area contributed by atoms with Crippen LogP contribution in [0.1, 0.15) is 33.4 Å². The van der Waals surface area contributed by atoms with Crippen LogP contribution in [0.25, 0.3) is 0 Å². The lowest BCUT2D eigenvalue weighted by molar-refractivity contribution is -0.137. The molecule has 0 radical (unpaired) electrons. The van der Waals surface area contributed by atoms with E-state index in [9.17, 15) is 22.8 Å². The molecule has 0 atom stereocenters. The van der Waals surface area contributed by atoms with Gasteiger partial charge in [0.25, 0.3) is 5.56 Å². The van der Waals surface area contributed by atoms with Crippen molar-refractivity contribution in [3.63, 3.8) is 0 Å². The van der Waals surface area contributed by atoms with Crippen LogP contribution in [0.2, 0.25) is 0 Å². The first-order valence-electron chi connectivity index (χ1n) is 10.2. The molecule has 1 amide bonds. The highest BCUT2D eigenvalue weighted by atomic mass is 19.4. The second-order valence-corrected chi connectivity index (χ2v) is 7.49. The van der Waals surface area contributed by atoms with Crippen LogP contribution in [0.4, 0.5) is 13.2 Å². The number of aromatic nitrogens is 2. The van der Waals surface area contributed by atoms with Gasteiger partial charge in [-0.2, -0.15) is 13.2 Å². The topological polar surface area (TPSA) is 102 Å². The third kappa shape index (κ3) is 6.19. The molecular weight excluding hydrogens is 435 g/mol. The summed E-state index contributed by atoms with van der Waals surface area (Å²) >= 11 is 0. The first-order valence-corrected chi connectivity index (χ1v) is 10.2. The molecule has 174 valence electrons. The van der Waals surface area contributed by atoms with Gasteiger partial charge in [-0.25, -0.2) is 4.68 Å². The fraction of sp³-hybridized carbons (Fsp3) is 0.261. The average Bonchev–Trinajstić information content (AvgIpc) is 2.79. The molecule has 2 aromatic heterocycles. The fourth-order valence-corrected chi connectivity index (χ4v) is 3.27. The van der Waals surface area contributed by atoms with Gasteiger partial charge in [-0.05, 0) is 53.4 Å². The number of rotatable bonds is 8. The number of amides is 1. The number of nitrogens with two attached hydrogens (primary N) is 1. The molecule has 0 saturated heterocycles. The summed E-state index contributed by atoms with van der Waals surface area (Å²) in [5.41, 5.74) is 9.98. The van der Waals surface area contributed by atoms with Gasteiger partial charge in [-0.15, -0.1) is 0 Å². The Balaban J connectivity index is 1.70. The molecule has 0 aliphatic rings. The second-order valence-electron chi connectivity index (χ2n) is 7.49.